The van der Waals surface area contributed by atoms with Gasteiger partial charge in [0.05, 0.1) is 0 Å². The summed E-state index contributed by atoms with van der Waals surface area (Å²) in [4.78, 5) is 0. The van der Waals surface area contributed by atoms with E-state index >= 15 is 0 Å². The summed E-state index contributed by atoms with van der Waals surface area (Å²) in [5, 5.41) is 1.35. The van der Waals surface area contributed by atoms with Crippen LogP contribution in [0.1, 0.15) is 24.4 Å². The monoisotopic (exact) mass is 215 g/mol. The summed E-state index contributed by atoms with van der Waals surface area (Å²) in [7, 11) is 0. The van der Waals surface area contributed by atoms with Gasteiger partial charge in [-0.1, -0.05) is 29.3 Å². The minimum absolute atomic E-state index is 0.0877. The lowest BCUT2D eigenvalue weighted by atomic mass is 10.0. The predicted molar refractivity (Wildman–Crippen MR) is 56.1 cm³/mol. The van der Waals surface area contributed by atoms with Gasteiger partial charge in [-0.25, -0.2) is 0 Å². The van der Waals surface area contributed by atoms with Gasteiger partial charge in [0, 0.05) is 16.1 Å². The summed E-state index contributed by atoms with van der Waals surface area (Å²) < 4.78 is 0. The maximum Gasteiger partial charge on any atom is 0.0468 e. The third-order valence-electron chi connectivity index (χ3n) is 2.45. The molecule has 1 fully saturated rings. The van der Waals surface area contributed by atoms with Crippen LogP contribution in [0.25, 0.3) is 0 Å². The van der Waals surface area contributed by atoms with Gasteiger partial charge in [-0.2, -0.15) is 0 Å². The Kier molecular flexibility index (Phi) is 2.50. The van der Waals surface area contributed by atoms with Crippen molar-refractivity contribution in [1.29, 1.82) is 0 Å². The van der Waals surface area contributed by atoms with E-state index in [-0.39, 0.29) is 6.04 Å². The Labute approximate surface area is 87.8 Å². The minimum Gasteiger partial charge on any atom is -0.324 e. The molecule has 2 rings (SSSR count). The van der Waals surface area contributed by atoms with E-state index in [1.54, 1.807) is 6.07 Å². The van der Waals surface area contributed by atoms with Crippen molar-refractivity contribution in [2.75, 3.05) is 0 Å². The molecule has 0 aliphatic heterocycles. The molecule has 0 aromatic heterocycles. The van der Waals surface area contributed by atoms with Crippen LogP contribution in [0.4, 0.5) is 0 Å². The predicted octanol–water partition coefficient (Wildman–Crippen LogP) is 3.40. The molecule has 0 bridgehead atoms. The van der Waals surface area contributed by atoms with Crippen molar-refractivity contribution in [3.05, 3.63) is 33.8 Å². The summed E-state index contributed by atoms with van der Waals surface area (Å²) in [5.41, 5.74) is 7.05. The second-order valence-electron chi connectivity index (χ2n) is 3.53. The zero-order valence-electron chi connectivity index (χ0n) is 7.13. The summed E-state index contributed by atoms with van der Waals surface area (Å²) in [6, 6.07) is 5.60. The average molecular weight is 216 g/mol. The molecular formula is C10H11Cl2N. The standard InChI is InChI=1S/C10H11Cl2N/c11-7-3-4-8(9(12)5-7)10(13)6-1-2-6/h3-6,10H,1-2,13H2/t10-/m0/s1. The Balaban J connectivity index is 2.28. The number of hydrogen-bond acceptors (Lipinski definition) is 1. The summed E-state index contributed by atoms with van der Waals surface area (Å²) in [5.74, 6) is 0.624. The normalized spacial score (nSPS) is 18.7. The van der Waals surface area contributed by atoms with E-state index in [1.165, 1.54) is 12.8 Å². The van der Waals surface area contributed by atoms with Gasteiger partial charge >= 0.3 is 0 Å². The molecule has 13 heavy (non-hydrogen) atoms. The Morgan fingerprint density at radius 3 is 2.54 bits per heavy atom. The fourth-order valence-corrected chi connectivity index (χ4v) is 2.02. The van der Waals surface area contributed by atoms with Crippen molar-refractivity contribution < 1.29 is 0 Å². The van der Waals surface area contributed by atoms with E-state index in [1.807, 2.05) is 12.1 Å². The lowest BCUT2D eigenvalue weighted by molar-refractivity contribution is 0.634. The Morgan fingerprint density at radius 2 is 2.00 bits per heavy atom. The highest BCUT2D eigenvalue weighted by Crippen LogP contribution is 2.41. The number of halogens is 2. The molecule has 1 aromatic rings. The summed E-state index contributed by atoms with van der Waals surface area (Å²) in [6.45, 7) is 0. The SMILES string of the molecule is N[C@H](c1ccc(Cl)cc1Cl)C1CC1. The van der Waals surface area contributed by atoms with E-state index in [9.17, 15) is 0 Å². The lowest BCUT2D eigenvalue weighted by Gasteiger charge is -2.12. The molecular weight excluding hydrogens is 205 g/mol. The third kappa shape index (κ3) is 1.98. The van der Waals surface area contributed by atoms with Gasteiger partial charge in [0.2, 0.25) is 0 Å². The Bertz CT molecular complexity index is 321. The molecule has 0 unspecified atom stereocenters. The number of nitrogens with two attached hydrogens (primary N) is 1. The maximum atomic E-state index is 6.03. The number of benzene rings is 1. The van der Waals surface area contributed by atoms with Crippen LogP contribution in [0.5, 0.6) is 0 Å². The van der Waals surface area contributed by atoms with Crippen molar-refractivity contribution >= 4 is 23.2 Å². The topological polar surface area (TPSA) is 26.0 Å². The van der Waals surface area contributed by atoms with Crippen LogP contribution >= 0.6 is 23.2 Å². The van der Waals surface area contributed by atoms with E-state index in [2.05, 4.69) is 0 Å². The van der Waals surface area contributed by atoms with Crippen LogP contribution in [0.2, 0.25) is 10.0 Å². The van der Waals surface area contributed by atoms with Crippen molar-refractivity contribution in [2.24, 2.45) is 11.7 Å². The van der Waals surface area contributed by atoms with E-state index in [4.69, 9.17) is 28.9 Å². The van der Waals surface area contributed by atoms with Gasteiger partial charge in [0.15, 0.2) is 0 Å². The van der Waals surface area contributed by atoms with E-state index < -0.39 is 0 Å². The molecule has 1 aliphatic carbocycles. The third-order valence-corrected chi connectivity index (χ3v) is 3.01. The molecule has 70 valence electrons. The van der Waals surface area contributed by atoms with Gasteiger partial charge in [0.1, 0.15) is 0 Å². The zero-order valence-corrected chi connectivity index (χ0v) is 8.65. The van der Waals surface area contributed by atoms with Crippen molar-refractivity contribution in [3.8, 4) is 0 Å². The van der Waals surface area contributed by atoms with Crippen LogP contribution in [-0.4, -0.2) is 0 Å². The molecule has 1 atom stereocenters. The van der Waals surface area contributed by atoms with Gasteiger partial charge in [-0.3, -0.25) is 0 Å². The minimum atomic E-state index is 0.0877. The van der Waals surface area contributed by atoms with Crippen molar-refractivity contribution in [1.82, 2.24) is 0 Å². The largest absolute Gasteiger partial charge is 0.324 e. The zero-order chi connectivity index (χ0) is 9.42. The summed E-state index contributed by atoms with van der Waals surface area (Å²) in [6.07, 6.45) is 2.44. The molecule has 1 saturated carbocycles. The highest BCUT2D eigenvalue weighted by Gasteiger charge is 2.30. The van der Waals surface area contributed by atoms with Crippen LogP contribution in [-0.2, 0) is 0 Å². The highest BCUT2D eigenvalue weighted by atomic mass is 35.5. The quantitative estimate of drug-likeness (QED) is 0.805. The first-order chi connectivity index (χ1) is 6.18. The Morgan fingerprint density at radius 1 is 1.31 bits per heavy atom. The first-order valence-electron chi connectivity index (χ1n) is 4.39. The second kappa shape index (κ2) is 3.49. The maximum absolute atomic E-state index is 6.03. The van der Waals surface area contributed by atoms with Gasteiger partial charge < -0.3 is 5.73 Å². The van der Waals surface area contributed by atoms with E-state index in [0.29, 0.717) is 16.0 Å². The number of hydrogen-bond donors (Lipinski definition) is 1. The van der Waals surface area contributed by atoms with Crippen LogP contribution in [0, 0.1) is 5.92 Å². The fraction of sp³-hybridized carbons (Fsp3) is 0.400. The molecule has 0 saturated heterocycles. The molecule has 0 spiro atoms. The smallest absolute Gasteiger partial charge is 0.0468 e. The highest BCUT2D eigenvalue weighted by molar-refractivity contribution is 6.35. The van der Waals surface area contributed by atoms with Gasteiger partial charge in [-0.05, 0) is 36.5 Å². The number of rotatable bonds is 2. The molecule has 0 amide bonds. The molecule has 0 heterocycles. The average Bonchev–Trinajstić information content (AvgIpc) is 2.85. The lowest BCUT2D eigenvalue weighted by Crippen LogP contribution is -2.12. The van der Waals surface area contributed by atoms with Gasteiger partial charge in [0.25, 0.3) is 0 Å². The first-order valence-corrected chi connectivity index (χ1v) is 5.14. The molecule has 2 N–H and O–H groups in total. The molecule has 3 heteroatoms. The second-order valence-corrected chi connectivity index (χ2v) is 4.37. The first kappa shape index (κ1) is 9.32. The molecule has 0 radical (unpaired) electrons. The molecule has 1 nitrogen and oxygen atoms in total. The molecule has 1 aromatic carbocycles. The van der Waals surface area contributed by atoms with Crippen molar-refractivity contribution in [2.45, 2.75) is 18.9 Å². The van der Waals surface area contributed by atoms with Crippen LogP contribution in [0.3, 0.4) is 0 Å². The van der Waals surface area contributed by atoms with Crippen LogP contribution < -0.4 is 5.73 Å². The fourth-order valence-electron chi connectivity index (χ4n) is 1.48. The summed E-state index contributed by atoms with van der Waals surface area (Å²) >= 11 is 11.8. The van der Waals surface area contributed by atoms with Crippen molar-refractivity contribution in [3.63, 3.8) is 0 Å². The van der Waals surface area contributed by atoms with Crippen LogP contribution in [0.15, 0.2) is 18.2 Å². The van der Waals surface area contributed by atoms with E-state index in [0.717, 1.165) is 5.56 Å². The molecule has 1 aliphatic rings. The van der Waals surface area contributed by atoms with Gasteiger partial charge in [-0.15, -0.1) is 0 Å². The Hall–Kier alpha value is -0.240.